The highest BCUT2D eigenvalue weighted by Crippen LogP contribution is 2.29. The zero-order valence-corrected chi connectivity index (χ0v) is 8.23. The van der Waals surface area contributed by atoms with Crippen molar-refractivity contribution in [1.29, 1.82) is 0 Å². The molecule has 2 heteroatoms. The van der Waals surface area contributed by atoms with Gasteiger partial charge in [0.05, 0.1) is 12.7 Å². The van der Waals surface area contributed by atoms with E-state index in [1.165, 1.54) is 5.56 Å². The third-order valence-corrected chi connectivity index (χ3v) is 2.84. The molecule has 0 saturated carbocycles. The zero-order valence-electron chi connectivity index (χ0n) is 8.23. The summed E-state index contributed by atoms with van der Waals surface area (Å²) >= 11 is 0. The Balaban J connectivity index is 2.04. The van der Waals surface area contributed by atoms with E-state index >= 15 is 0 Å². The summed E-state index contributed by atoms with van der Waals surface area (Å²) in [5.74, 6) is 0.557. The molecule has 1 N–H and O–H groups in total. The molecule has 0 amide bonds. The van der Waals surface area contributed by atoms with Gasteiger partial charge in [0.25, 0.3) is 0 Å². The average Bonchev–Trinajstić information content (AvgIpc) is 2.30. The highest BCUT2D eigenvalue weighted by atomic mass is 16.5. The van der Waals surface area contributed by atoms with E-state index in [4.69, 9.17) is 9.84 Å². The highest BCUT2D eigenvalue weighted by molar-refractivity contribution is 5.19. The summed E-state index contributed by atoms with van der Waals surface area (Å²) in [5.41, 5.74) is 1.37. The Labute approximate surface area is 84.5 Å². The molecule has 14 heavy (non-hydrogen) atoms. The summed E-state index contributed by atoms with van der Waals surface area (Å²) in [5, 5.41) is 9.03. The van der Waals surface area contributed by atoms with E-state index in [-0.39, 0.29) is 12.7 Å². The van der Waals surface area contributed by atoms with E-state index in [0.717, 1.165) is 19.4 Å². The van der Waals surface area contributed by atoms with Gasteiger partial charge in [0.2, 0.25) is 0 Å². The van der Waals surface area contributed by atoms with Crippen LogP contribution in [0.15, 0.2) is 30.3 Å². The molecule has 2 atom stereocenters. The SMILES string of the molecule is OC[C@@H]1C[C@@H](c2ccccc2)CCO1. The van der Waals surface area contributed by atoms with Crippen LogP contribution < -0.4 is 0 Å². The Morgan fingerprint density at radius 1 is 1.29 bits per heavy atom. The predicted octanol–water partition coefficient (Wildman–Crippen LogP) is 1.94. The molecule has 2 rings (SSSR count). The molecule has 0 bridgehead atoms. The normalized spacial score (nSPS) is 27.5. The van der Waals surface area contributed by atoms with Crippen molar-refractivity contribution in [2.75, 3.05) is 13.2 Å². The maximum absolute atomic E-state index is 9.03. The average molecular weight is 192 g/mol. The first-order chi connectivity index (χ1) is 6.90. The van der Waals surface area contributed by atoms with Crippen LogP contribution in [0.3, 0.4) is 0 Å². The van der Waals surface area contributed by atoms with Crippen LogP contribution >= 0.6 is 0 Å². The summed E-state index contributed by atoms with van der Waals surface area (Å²) in [6.45, 7) is 0.911. The van der Waals surface area contributed by atoms with Gasteiger partial charge in [-0.05, 0) is 24.3 Å². The minimum Gasteiger partial charge on any atom is -0.394 e. The van der Waals surface area contributed by atoms with Crippen LogP contribution in [0.1, 0.15) is 24.3 Å². The van der Waals surface area contributed by atoms with E-state index in [1.807, 2.05) is 6.07 Å². The van der Waals surface area contributed by atoms with Crippen molar-refractivity contribution in [1.82, 2.24) is 0 Å². The van der Waals surface area contributed by atoms with Crippen LogP contribution in [0.2, 0.25) is 0 Å². The van der Waals surface area contributed by atoms with Gasteiger partial charge in [-0.25, -0.2) is 0 Å². The molecule has 0 aliphatic carbocycles. The van der Waals surface area contributed by atoms with Crippen LogP contribution in [0.5, 0.6) is 0 Å². The molecule has 1 saturated heterocycles. The van der Waals surface area contributed by atoms with Crippen molar-refractivity contribution in [2.24, 2.45) is 0 Å². The van der Waals surface area contributed by atoms with E-state index in [1.54, 1.807) is 0 Å². The summed E-state index contributed by atoms with van der Waals surface area (Å²) in [4.78, 5) is 0. The molecule has 1 fully saturated rings. The number of hydrogen-bond acceptors (Lipinski definition) is 2. The Hall–Kier alpha value is -0.860. The van der Waals surface area contributed by atoms with Crippen molar-refractivity contribution >= 4 is 0 Å². The maximum Gasteiger partial charge on any atom is 0.0811 e. The van der Waals surface area contributed by atoms with Crippen molar-refractivity contribution in [3.63, 3.8) is 0 Å². The van der Waals surface area contributed by atoms with Gasteiger partial charge in [-0.15, -0.1) is 0 Å². The standard InChI is InChI=1S/C12H16O2/c13-9-12-8-11(6-7-14-12)10-4-2-1-3-5-10/h1-5,11-13H,6-9H2/t11-,12-/m0/s1. The lowest BCUT2D eigenvalue weighted by Gasteiger charge is -2.28. The van der Waals surface area contributed by atoms with Gasteiger partial charge in [-0.1, -0.05) is 30.3 Å². The van der Waals surface area contributed by atoms with Crippen molar-refractivity contribution in [3.05, 3.63) is 35.9 Å². The van der Waals surface area contributed by atoms with Crippen molar-refractivity contribution in [3.8, 4) is 0 Å². The van der Waals surface area contributed by atoms with Crippen LogP contribution in [-0.4, -0.2) is 24.4 Å². The molecule has 0 aromatic heterocycles. The Morgan fingerprint density at radius 3 is 2.79 bits per heavy atom. The highest BCUT2D eigenvalue weighted by Gasteiger charge is 2.22. The van der Waals surface area contributed by atoms with Crippen molar-refractivity contribution in [2.45, 2.75) is 24.9 Å². The largest absolute Gasteiger partial charge is 0.394 e. The molecule has 1 aromatic rings. The van der Waals surface area contributed by atoms with Crippen LogP contribution in [0.25, 0.3) is 0 Å². The quantitative estimate of drug-likeness (QED) is 0.776. The number of aliphatic hydroxyl groups excluding tert-OH is 1. The van der Waals surface area contributed by atoms with Gasteiger partial charge in [0, 0.05) is 6.61 Å². The van der Waals surface area contributed by atoms with E-state index in [0.29, 0.717) is 5.92 Å². The second kappa shape index (κ2) is 4.58. The van der Waals surface area contributed by atoms with E-state index in [2.05, 4.69) is 24.3 Å². The monoisotopic (exact) mass is 192 g/mol. The van der Waals surface area contributed by atoms with Gasteiger partial charge in [-0.3, -0.25) is 0 Å². The Morgan fingerprint density at radius 2 is 2.07 bits per heavy atom. The first-order valence-electron chi connectivity index (χ1n) is 5.17. The fraction of sp³-hybridized carbons (Fsp3) is 0.500. The number of benzene rings is 1. The lowest BCUT2D eigenvalue weighted by Crippen LogP contribution is -2.27. The second-order valence-corrected chi connectivity index (χ2v) is 3.81. The van der Waals surface area contributed by atoms with Gasteiger partial charge >= 0.3 is 0 Å². The lowest BCUT2D eigenvalue weighted by atomic mass is 9.89. The summed E-state index contributed by atoms with van der Waals surface area (Å²) in [6, 6.07) is 10.5. The van der Waals surface area contributed by atoms with Gasteiger partial charge in [0.15, 0.2) is 0 Å². The molecule has 1 heterocycles. The van der Waals surface area contributed by atoms with Crippen LogP contribution in [0.4, 0.5) is 0 Å². The Bertz CT molecular complexity index is 271. The molecule has 0 unspecified atom stereocenters. The number of hydrogen-bond donors (Lipinski definition) is 1. The van der Waals surface area contributed by atoms with Gasteiger partial charge in [-0.2, -0.15) is 0 Å². The first-order valence-corrected chi connectivity index (χ1v) is 5.17. The lowest BCUT2D eigenvalue weighted by molar-refractivity contribution is -0.0250. The molecule has 0 radical (unpaired) electrons. The summed E-state index contributed by atoms with van der Waals surface area (Å²) in [6.07, 6.45) is 2.05. The third-order valence-electron chi connectivity index (χ3n) is 2.84. The van der Waals surface area contributed by atoms with E-state index in [9.17, 15) is 0 Å². The topological polar surface area (TPSA) is 29.5 Å². The van der Waals surface area contributed by atoms with E-state index < -0.39 is 0 Å². The first kappa shape index (κ1) is 9.69. The predicted molar refractivity (Wildman–Crippen MR) is 55.2 cm³/mol. The molecule has 76 valence electrons. The minimum atomic E-state index is 0.0361. The molecular weight excluding hydrogens is 176 g/mol. The van der Waals surface area contributed by atoms with Gasteiger partial charge < -0.3 is 9.84 Å². The zero-order chi connectivity index (χ0) is 9.80. The fourth-order valence-electron chi connectivity index (χ4n) is 2.04. The fourth-order valence-corrected chi connectivity index (χ4v) is 2.04. The molecule has 1 aromatic carbocycles. The minimum absolute atomic E-state index is 0.0361. The molecule has 2 nitrogen and oxygen atoms in total. The second-order valence-electron chi connectivity index (χ2n) is 3.81. The molecular formula is C12H16O2. The van der Waals surface area contributed by atoms with Crippen LogP contribution in [0, 0.1) is 0 Å². The number of aliphatic hydroxyl groups is 1. The summed E-state index contributed by atoms with van der Waals surface area (Å²) in [7, 11) is 0. The third kappa shape index (κ3) is 2.14. The Kier molecular flexibility index (Phi) is 3.17. The smallest absolute Gasteiger partial charge is 0.0811 e. The number of rotatable bonds is 2. The van der Waals surface area contributed by atoms with Gasteiger partial charge in [0.1, 0.15) is 0 Å². The summed E-state index contributed by atoms with van der Waals surface area (Å²) < 4.78 is 5.43. The van der Waals surface area contributed by atoms with Crippen LogP contribution in [-0.2, 0) is 4.74 Å². The maximum atomic E-state index is 9.03. The molecule has 1 aliphatic rings. The van der Waals surface area contributed by atoms with Crippen molar-refractivity contribution < 1.29 is 9.84 Å². The number of ether oxygens (including phenoxy) is 1. The molecule has 0 spiro atoms. The molecule has 1 aliphatic heterocycles.